The van der Waals surface area contributed by atoms with Crippen LogP contribution in [0.1, 0.15) is 47.2 Å². The number of para-hydroxylation sites is 2. The van der Waals surface area contributed by atoms with Gasteiger partial charge in [0.25, 0.3) is 0 Å². The topological polar surface area (TPSA) is 6.48 Å². The summed E-state index contributed by atoms with van der Waals surface area (Å²) < 4.78 is 0. The smallest absolute Gasteiger partial charge is 0.0725 e. The lowest BCUT2D eigenvalue weighted by Gasteiger charge is -2.32. The zero-order chi connectivity index (χ0) is 44.0. The van der Waals surface area contributed by atoms with Crippen molar-refractivity contribution in [3.05, 3.63) is 276 Å². The van der Waals surface area contributed by atoms with E-state index >= 15 is 0 Å². The Hall–Kier alpha value is -8.20. The fourth-order valence-electron chi connectivity index (χ4n) is 11.7. The molecule has 0 aliphatic heterocycles. The standard InChI is InChI=1S/C64H46N2/c1-63(2)57-27-15-12-24-51(57)54-37-34-50(42-62(54)63)66(46-22-10-5-11-23-46)49-36-39-61-56(41-49)53-26-14-17-29-59(53)64(61)58-28-16-13-25-52(58)55-40-48(35-38-60(55)64)65(45-20-8-4-9-21-45)47-32-30-44(31-33-47)43-18-6-3-7-19-43/h3-42H,1-2H3. The average Bonchev–Trinajstić information content (AvgIpc) is 3.93. The van der Waals surface area contributed by atoms with Gasteiger partial charge in [0.15, 0.2) is 0 Å². The zero-order valence-corrected chi connectivity index (χ0v) is 37.0. The van der Waals surface area contributed by atoms with Gasteiger partial charge in [0.1, 0.15) is 0 Å². The zero-order valence-electron chi connectivity index (χ0n) is 37.0. The molecule has 2 nitrogen and oxygen atoms in total. The molecule has 0 saturated carbocycles. The Morgan fingerprint density at radius 2 is 0.591 bits per heavy atom. The second kappa shape index (κ2) is 14.7. The predicted octanol–water partition coefficient (Wildman–Crippen LogP) is 16.9. The molecular weight excluding hydrogens is 797 g/mol. The Labute approximate surface area is 387 Å². The molecule has 1 unspecified atom stereocenters. The Morgan fingerprint density at radius 1 is 0.242 bits per heavy atom. The summed E-state index contributed by atoms with van der Waals surface area (Å²) in [6.07, 6.45) is 0. The van der Waals surface area contributed by atoms with Crippen molar-refractivity contribution in [3.63, 3.8) is 0 Å². The van der Waals surface area contributed by atoms with E-state index in [1.165, 1.54) is 77.9 Å². The number of anilines is 6. The van der Waals surface area contributed by atoms with Crippen LogP contribution in [0.25, 0.3) is 44.5 Å². The molecule has 3 aliphatic carbocycles. The summed E-state index contributed by atoms with van der Waals surface area (Å²) in [5, 5.41) is 0. The largest absolute Gasteiger partial charge is 0.310 e. The van der Waals surface area contributed by atoms with Gasteiger partial charge in [-0.15, -0.1) is 0 Å². The van der Waals surface area contributed by atoms with Crippen LogP contribution >= 0.6 is 0 Å². The molecule has 0 fully saturated rings. The fourth-order valence-corrected chi connectivity index (χ4v) is 11.7. The number of rotatable bonds is 7. The highest BCUT2D eigenvalue weighted by Crippen LogP contribution is 2.64. The van der Waals surface area contributed by atoms with Crippen molar-refractivity contribution in [1.29, 1.82) is 0 Å². The van der Waals surface area contributed by atoms with Crippen LogP contribution < -0.4 is 9.80 Å². The highest BCUT2D eigenvalue weighted by Gasteiger charge is 2.52. The molecule has 0 radical (unpaired) electrons. The molecule has 312 valence electrons. The third kappa shape index (κ3) is 5.55. The van der Waals surface area contributed by atoms with Crippen molar-refractivity contribution >= 4 is 34.1 Å². The van der Waals surface area contributed by atoms with Crippen molar-refractivity contribution < 1.29 is 0 Å². The number of hydrogen-bond donors (Lipinski definition) is 0. The van der Waals surface area contributed by atoms with Crippen LogP contribution in [-0.4, -0.2) is 0 Å². The lowest BCUT2D eigenvalue weighted by Crippen LogP contribution is -2.26. The summed E-state index contributed by atoms with van der Waals surface area (Å²) in [4.78, 5) is 4.84. The van der Waals surface area contributed by atoms with Crippen molar-refractivity contribution in [3.8, 4) is 44.5 Å². The first-order valence-electron chi connectivity index (χ1n) is 23.1. The Balaban J connectivity index is 0.971. The number of benzene rings is 10. The van der Waals surface area contributed by atoms with Gasteiger partial charge in [-0.2, -0.15) is 0 Å². The minimum Gasteiger partial charge on any atom is -0.310 e. The molecule has 0 saturated heterocycles. The fraction of sp³-hybridized carbons (Fsp3) is 0.0625. The van der Waals surface area contributed by atoms with E-state index in [1.54, 1.807) is 0 Å². The van der Waals surface area contributed by atoms with E-state index in [2.05, 4.69) is 266 Å². The maximum Gasteiger partial charge on any atom is 0.0725 e. The third-order valence-corrected chi connectivity index (χ3v) is 14.7. The van der Waals surface area contributed by atoms with Gasteiger partial charge in [0, 0.05) is 39.5 Å². The predicted molar refractivity (Wildman–Crippen MR) is 275 cm³/mol. The molecule has 2 heteroatoms. The van der Waals surface area contributed by atoms with E-state index in [-0.39, 0.29) is 5.41 Å². The molecule has 0 heterocycles. The van der Waals surface area contributed by atoms with Crippen LogP contribution in [-0.2, 0) is 10.8 Å². The van der Waals surface area contributed by atoms with Gasteiger partial charge < -0.3 is 9.80 Å². The van der Waals surface area contributed by atoms with E-state index in [4.69, 9.17) is 0 Å². The molecule has 0 bridgehead atoms. The lowest BCUT2D eigenvalue weighted by molar-refractivity contribution is 0.660. The molecular formula is C64H46N2. The van der Waals surface area contributed by atoms with Crippen LogP contribution in [0, 0.1) is 0 Å². The molecule has 0 aromatic heterocycles. The molecule has 0 N–H and O–H groups in total. The molecule has 13 rings (SSSR count). The number of fused-ring (bicyclic) bond motifs is 13. The SMILES string of the molecule is CC1(C)c2ccccc2-c2ccc(N(c3ccccc3)c3ccc4c(c3)-c3ccccc3C43c4ccccc4-c4cc(N(c5ccccc5)c5ccc(-c6ccccc6)cc5)ccc43)cc21. The van der Waals surface area contributed by atoms with E-state index in [1.807, 2.05) is 0 Å². The van der Waals surface area contributed by atoms with Crippen molar-refractivity contribution in [2.45, 2.75) is 24.7 Å². The van der Waals surface area contributed by atoms with E-state index in [9.17, 15) is 0 Å². The van der Waals surface area contributed by atoms with E-state index in [0.717, 1.165) is 34.1 Å². The lowest BCUT2D eigenvalue weighted by atomic mass is 9.70. The Morgan fingerprint density at radius 3 is 1.14 bits per heavy atom. The number of nitrogens with zero attached hydrogens (tertiary/aromatic N) is 2. The molecule has 10 aromatic rings. The molecule has 1 atom stereocenters. The molecule has 66 heavy (non-hydrogen) atoms. The van der Waals surface area contributed by atoms with Gasteiger partial charge in [0.05, 0.1) is 5.41 Å². The quantitative estimate of drug-likeness (QED) is 0.158. The first kappa shape index (κ1) is 38.3. The summed E-state index contributed by atoms with van der Waals surface area (Å²) >= 11 is 0. The molecule has 10 aromatic carbocycles. The molecule has 3 aliphatic rings. The van der Waals surface area contributed by atoms with Crippen LogP contribution in [0.5, 0.6) is 0 Å². The maximum atomic E-state index is 2.45. The highest BCUT2D eigenvalue weighted by molar-refractivity contribution is 5.98. The van der Waals surface area contributed by atoms with Gasteiger partial charge >= 0.3 is 0 Å². The van der Waals surface area contributed by atoms with E-state index < -0.39 is 5.41 Å². The van der Waals surface area contributed by atoms with Gasteiger partial charge in [-0.3, -0.25) is 0 Å². The third-order valence-electron chi connectivity index (χ3n) is 14.7. The summed E-state index contributed by atoms with van der Waals surface area (Å²) in [6, 6.07) is 89.8. The summed E-state index contributed by atoms with van der Waals surface area (Å²) in [6.45, 7) is 4.73. The van der Waals surface area contributed by atoms with Crippen LogP contribution in [0.4, 0.5) is 34.1 Å². The van der Waals surface area contributed by atoms with Crippen molar-refractivity contribution in [2.75, 3.05) is 9.80 Å². The van der Waals surface area contributed by atoms with Gasteiger partial charge in [-0.1, -0.05) is 184 Å². The van der Waals surface area contributed by atoms with Gasteiger partial charge in [-0.25, -0.2) is 0 Å². The molecule has 0 amide bonds. The monoisotopic (exact) mass is 842 g/mol. The van der Waals surface area contributed by atoms with Crippen LogP contribution in [0.15, 0.2) is 243 Å². The second-order valence-corrected chi connectivity index (χ2v) is 18.5. The van der Waals surface area contributed by atoms with Crippen LogP contribution in [0.2, 0.25) is 0 Å². The van der Waals surface area contributed by atoms with E-state index in [0.29, 0.717) is 0 Å². The first-order valence-corrected chi connectivity index (χ1v) is 23.1. The highest BCUT2D eigenvalue weighted by atomic mass is 15.1. The summed E-state index contributed by atoms with van der Waals surface area (Å²) in [7, 11) is 0. The average molecular weight is 843 g/mol. The number of hydrogen-bond acceptors (Lipinski definition) is 2. The Kier molecular flexibility index (Phi) is 8.51. The van der Waals surface area contributed by atoms with Gasteiger partial charge in [-0.05, 0) is 151 Å². The normalized spacial score (nSPS) is 15.3. The summed E-state index contributed by atoms with van der Waals surface area (Å²) in [5.41, 5.74) is 24.4. The van der Waals surface area contributed by atoms with Crippen molar-refractivity contribution in [1.82, 2.24) is 0 Å². The maximum absolute atomic E-state index is 2.45. The minimum atomic E-state index is -0.481. The van der Waals surface area contributed by atoms with Crippen molar-refractivity contribution in [2.24, 2.45) is 0 Å². The molecule has 1 spiro atoms. The van der Waals surface area contributed by atoms with Gasteiger partial charge in [0.2, 0.25) is 0 Å². The second-order valence-electron chi connectivity index (χ2n) is 18.5. The Bertz CT molecular complexity index is 3500. The van der Waals surface area contributed by atoms with Crippen LogP contribution in [0.3, 0.4) is 0 Å². The summed E-state index contributed by atoms with van der Waals surface area (Å²) in [5.74, 6) is 0. The first-order chi connectivity index (χ1) is 32.5. The minimum absolute atomic E-state index is 0.109.